The quantitative estimate of drug-likeness (QED) is 0.683. The van der Waals surface area contributed by atoms with Crippen molar-refractivity contribution in [2.75, 3.05) is 44.2 Å². The Balaban J connectivity index is 1.09. The summed E-state index contributed by atoms with van der Waals surface area (Å²) in [7, 11) is 0. The van der Waals surface area contributed by atoms with Gasteiger partial charge in [-0.05, 0) is 36.1 Å². The van der Waals surface area contributed by atoms with Crippen LogP contribution >= 0.6 is 0 Å². The fraction of sp³-hybridized carbons (Fsp3) is 0.520. The van der Waals surface area contributed by atoms with Crippen LogP contribution in [0.5, 0.6) is 0 Å². The first kappa shape index (κ1) is 23.1. The molecule has 34 heavy (non-hydrogen) atoms. The summed E-state index contributed by atoms with van der Waals surface area (Å²) in [5, 5.41) is 0. The van der Waals surface area contributed by atoms with Gasteiger partial charge in [0.1, 0.15) is 11.9 Å². The number of carbonyl (C=O) groups excluding carboxylic acids is 1. The van der Waals surface area contributed by atoms with E-state index < -0.39 is 17.8 Å². The minimum absolute atomic E-state index is 0.0890. The number of piperidine rings is 1. The molecule has 1 amide bonds. The number of nitrogens with zero attached hydrogens (tertiary/aromatic N) is 4. The fourth-order valence-electron chi connectivity index (χ4n) is 5.22. The molecular weight excluding hydrogens is 445 g/mol. The van der Waals surface area contributed by atoms with Gasteiger partial charge in [-0.25, -0.2) is 4.98 Å². The summed E-state index contributed by atoms with van der Waals surface area (Å²) in [6, 6.07) is 11.1. The van der Waals surface area contributed by atoms with Crippen LogP contribution in [0.25, 0.3) is 0 Å². The number of alkyl halides is 3. The molecule has 4 heterocycles. The number of amides is 1. The average molecular weight is 475 g/mol. The summed E-state index contributed by atoms with van der Waals surface area (Å²) >= 11 is 0. The molecule has 5 rings (SSSR count). The van der Waals surface area contributed by atoms with E-state index in [9.17, 15) is 18.0 Å². The summed E-state index contributed by atoms with van der Waals surface area (Å²) < 4.78 is 44.2. The van der Waals surface area contributed by atoms with Gasteiger partial charge < -0.3 is 14.5 Å². The fourth-order valence-corrected chi connectivity index (χ4v) is 5.22. The van der Waals surface area contributed by atoms with Gasteiger partial charge in [0.25, 0.3) is 5.91 Å². The molecule has 182 valence electrons. The van der Waals surface area contributed by atoms with Crippen molar-refractivity contribution in [3.63, 3.8) is 0 Å². The number of hydrogen-bond acceptors (Lipinski definition) is 5. The van der Waals surface area contributed by atoms with Crippen LogP contribution in [0.15, 0.2) is 42.6 Å². The van der Waals surface area contributed by atoms with Crippen LogP contribution in [0.4, 0.5) is 19.0 Å². The molecule has 9 heteroatoms. The van der Waals surface area contributed by atoms with E-state index in [4.69, 9.17) is 4.74 Å². The molecule has 3 aliphatic heterocycles. The van der Waals surface area contributed by atoms with E-state index in [1.54, 1.807) is 0 Å². The van der Waals surface area contributed by atoms with E-state index in [0.717, 1.165) is 69.9 Å². The van der Waals surface area contributed by atoms with E-state index in [-0.39, 0.29) is 5.91 Å². The van der Waals surface area contributed by atoms with Gasteiger partial charge in [-0.2, -0.15) is 13.2 Å². The van der Waals surface area contributed by atoms with Gasteiger partial charge in [0.15, 0.2) is 0 Å². The number of hydrogen-bond donors (Lipinski definition) is 0. The molecule has 2 aromatic rings. The van der Waals surface area contributed by atoms with Gasteiger partial charge in [-0.1, -0.05) is 24.3 Å². The molecule has 0 radical (unpaired) electrons. The molecule has 1 unspecified atom stereocenters. The normalized spacial score (nSPS) is 22.5. The number of fused-ring (bicyclic) bond motifs is 1. The van der Waals surface area contributed by atoms with Gasteiger partial charge in [-0.3, -0.25) is 9.69 Å². The molecule has 2 saturated heterocycles. The standard InChI is InChI=1S/C25H29F3N4O2/c26-25(27,28)20-5-6-23(29-16-20)31-13-11-30(12-14-31)21-7-9-32(10-8-21)24(33)22-15-18-3-1-2-4-19(18)17-34-22/h1-6,16,21-22H,7-15,17H2. The lowest BCUT2D eigenvalue weighted by Gasteiger charge is -2.43. The van der Waals surface area contributed by atoms with Crippen molar-refractivity contribution in [2.24, 2.45) is 0 Å². The summed E-state index contributed by atoms with van der Waals surface area (Å²) in [6.07, 6.45) is -1.38. The third-order valence-electron chi connectivity index (χ3n) is 7.25. The van der Waals surface area contributed by atoms with Crippen LogP contribution < -0.4 is 4.90 Å². The number of aromatic nitrogens is 1. The van der Waals surface area contributed by atoms with Crippen LogP contribution in [0.3, 0.4) is 0 Å². The zero-order chi connectivity index (χ0) is 23.7. The van der Waals surface area contributed by atoms with Crippen molar-refractivity contribution >= 4 is 11.7 Å². The maximum atomic E-state index is 13.0. The molecule has 2 fully saturated rings. The van der Waals surface area contributed by atoms with Gasteiger partial charge in [0, 0.05) is 57.9 Å². The second-order valence-corrected chi connectivity index (χ2v) is 9.25. The van der Waals surface area contributed by atoms with E-state index in [1.165, 1.54) is 11.6 Å². The number of piperazine rings is 1. The Kier molecular flexibility index (Phi) is 6.48. The number of carbonyl (C=O) groups is 1. The van der Waals surface area contributed by atoms with E-state index in [0.29, 0.717) is 24.9 Å². The molecule has 1 atom stereocenters. The SMILES string of the molecule is O=C(C1Cc2ccccc2CO1)N1CCC(N2CCN(c3ccc(C(F)(F)F)cn3)CC2)CC1. The zero-order valence-corrected chi connectivity index (χ0v) is 19.0. The van der Waals surface area contributed by atoms with Crippen molar-refractivity contribution in [1.29, 1.82) is 0 Å². The van der Waals surface area contributed by atoms with Gasteiger partial charge >= 0.3 is 6.18 Å². The van der Waals surface area contributed by atoms with Gasteiger partial charge in [-0.15, -0.1) is 0 Å². The lowest BCUT2D eigenvalue weighted by atomic mass is 9.97. The van der Waals surface area contributed by atoms with Crippen molar-refractivity contribution in [3.05, 3.63) is 59.3 Å². The summed E-state index contributed by atoms with van der Waals surface area (Å²) in [5.41, 5.74) is 1.64. The molecule has 3 aliphatic rings. The Bertz CT molecular complexity index is 998. The van der Waals surface area contributed by atoms with Crippen LogP contribution in [0, 0.1) is 0 Å². The molecule has 1 aromatic carbocycles. The molecular formula is C25H29F3N4O2. The second kappa shape index (κ2) is 9.54. The van der Waals surface area contributed by atoms with Crippen LogP contribution in [0.2, 0.25) is 0 Å². The highest BCUT2D eigenvalue weighted by Crippen LogP contribution is 2.30. The first-order chi connectivity index (χ1) is 16.4. The number of anilines is 1. The highest BCUT2D eigenvalue weighted by molar-refractivity contribution is 5.81. The molecule has 6 nitrogen and oxygen atoms in total. The Morgan fingerprint density at radius 3 is 2.29 bits per heavy atom. The third kappa shape index (κ3) is 4.90. The topological polar surface area (TPSA) is 48.9 Å². The predicted octanol–water partition coefficient (Wildman–Crippen LogP) is 3.35. The number of benzene rings is 1. The number of pyridine rings is 1. The highest BCUT2D eigenvalue weighted by Gasteiger charge is 2.34. The highest BCUT2D eigenvalue weighted by atomic mass is 19.4. The van der Waals surface area contributed by atoms with E-state index >= 15 is 0 Å². The lowest BCUT2D eigenvalue weighted by Crippen LogP contribution is -2.55. The van der Waals surface area contributed by atoms with Gasteiger partial charge in [0.2, 0.25) is 0 Å². The van der Waals surface area contributed by atoms with Crippen molar-refractivity contribution < 1.29 is 22.7 Å². The summed E-state index contributed by atoms with van der Waals surface area (Å²) in [4.78, 5) is 23.5. The van der Waals surface area contributed by atoms with E-state index in [2.05, 4.69) is 22.0 Å². The molecule has 0 N–H and O–H groups in total. The number of halogens is 3. The smallest absolute Gasteiger partial charge is 0.363 e. The molecule has 1 aromatic heterocycles. The van der Waals surface area contributed by atoms with Crippen molar-refractivity contribution in [2.45, 2.75) is 44.2 Å². The average Bonchev–Trinajstić information content (AvgIpc) is 2.88. The molecule has 0 saturated carbocycles. The van der Waals surface area contributed by atoms with Crippen LogP contribution in [-0.2, 0) is 28.7 Å². The number of rotatable bonds is 3. The minimum Gasteiger partial charge on any atom is -0.363 e. The first-order valence-electron chi connectivity index (χ1n) is 11.9. The Hall–Kier alpha value is -2.65. The van der Waals surface area contributed by atoms with Crippen molar-refractivity contribution in [1.82, 2.24) is 14.8 Å². The Morgan fingerprint density at radius 2 is 1.65 bits per heavy atom. The first-order valence-corrected chi connectivity index (χ1v) is 11.9. The molecule has 0 aliphatic carbocycles. The maximum absolute atomic E-state index is 13.0. The lowest BCUT2D eigenvalue weighted by molar-refractivity contribution is -0.147. The molecule has 0 bridgehead atoms. The second-order valence-electron chi connectivity index (χ2n) is 9.25. The monoisotopic (exact) mass is 474 g/mol. The van der Waals surface area contributed by atoms with Crippen molar-refractivity contribution in [3.8, 4) is 0 Å². The Morgan fingerprint density at radius 1 is 0.941 bits per heavy atom. The molecule has 0 spiro atoms. The maximum Gasteiger partial charge on any atom is 0.417 e. The van der Waals surface area contributed by atoms with Gasteiger partial charge in [0.05, 0.1) is 12.2 Å². The minimum atomic E-state index is -4.37. The van der Waals surface area contributed by atoms with E-state index in [1.807, 2.05) is 21.9 Å². The largest absolute Gasteiger partial charge is 0.417 e. The van der Waals surface area contributed by atoms with Crippen LogP contribution in [0.1, 0.15) is 29.5 Å². The number of ether oxygens (including phenoxy) is 1. The third-order valence-corrected chi connectivity index (χ3v) is 7.25. The summed E-state index contributed by atoms with van der Waals surface area (Å²) in [5.74, 6) is 0.674. The zero-order valence-electron chi connectivity index (χ0n) is 19.0. The predicted molar refractivity (Wildman–Crippen MR) is 121 cm³/mol. The summed E-state index contributed by atoms with van der Waals surface area (Å²) in [6.45, 7) is 5.08. The number of likely N-dealkylation sites (tertiary alicyclic amines) is 1. The Labute approximate surface area is 197 Å². The van der Waals surface area contributed by atoms with Crippen LogP contribution in [-0.4, -0.2) is 72.1 Å².